The largest absolute Gasteiger partial charge is 0.318 e. The van der Waals surface area contributed by atoms with Gasteiger partial charge in [-0.2, -0.15) is 0 Å². The van der Waals surface area contributed by atoms with Gasteiger partial charge in [0.15, 0.2) is 5.78 Å². The molecule has 0 fully saturated rings. The number of carbonyl (C=O) groups is 1. The van der Waals surface area contributed by atoms with Gasteiger partial charge in [-0.25, -0.2) is 0 Å². The highest BCUT2D eigenvalue weighted by atomic mass is 16.1. The second-order valence-electron chi connectivity index (χ2n) is 4.55. The summed E-state index contributed by atoms with van der Waals surface area (Å²) in [5.41, 5.74) is 9.82. The molecule has 1 atom stereocenters. The van der Waals surface area contributed by atoms with Gasteiger partial charge in [0.1, 0.15) is 0 Å². The summed E-state index contributed by atoms with van der Waals surface area (Å²) >= 11 is 0. The van der Waals surface area contributed by atoms with Crippen molar-refractivity contribution in [3.8, 4) is 0 Å². The van der Waals surface area contributed by atoms with Gasteiger partial charge in [-0.05, 0) is 36.6 Å². The minimum Gasteiger partial charge on any atom is -0.318 e. The number of carbonyl (C=O) groups excluding carboxylic acids is 1. The first kappa shape index (κ1) is 12.5. The van der Waals surface area contributed by atoms with Crippen LogP contribution in [0.5, 0.6) is 0 Å². The third-order valence-electron chi connectivity index (χ3n) is 3.23. The standard InChI is InChI=1S/C16H17NO/c1-11-8-9-14(10-12(11)2)16(18)15(17)13-6-4-3-5-7-13/h3-10,15H,17H2,1-2H3. The second-order valence-corrected chi connectivity index (χ2v) is 4.55. The first-order chi connectivity index (χ1) is 8.59. The van der Waals surface area contributed by atoms with E-state index in [2.05, 4.69) is 0 Å². The Morgan fingerprint density at radius 1 is 1.00 bits per heavy atom. The Balaban J connectivity index is 2.29. The molecule has 2 aromatic rings. The van der Waals surface area contributed by atoms with Crippen LogP contribution in [0.15, 0.2) is 48.5 Å². The van der Waals surface area contributed by atoms with Gasteiger partial charge in [0.2, 0.25) is 0 Å². The first-order valence-electron chi connectivity index (χ1n) is 6.01. The van der Waals surface area contributed by atoms with E-state index in [9.17, 15) is 4.79 Å². The lowest BCUT2D eigenvalue weighted by atomic mass is 9.96. The lowest BCUT2D eigenvalue weighted by molar-refractivity contribution is 0.0961. The monoisotopic (exact) mass is 239 g/mol. The molecular weight excluding hydrogens is 222 g/mol. The first-order valence-corrected chi connectivity index (χ1v) is 6.01. The molecule has 0 aromatic heterocycles. The van der Waals surface area contributed by atoms with Crippen molar-refractivity contribution in [1.29, 1.82) is 0 Å². The van der Waals surface area contributed by atoms with Crippen LogP contribution in [0, 0.1) is 13.8 Å². The fourth-order valence-corrected chi connectivity index (χ4v) is 1.89. The normalized spacial score (nSPS) is 12.2. The van der Waals surface area contributed by atoms with Crippen LogP contribution >= 0.6 is 0 Å². The minimum absolute atomic E-state index is 0.0377. The Labute approximate surface area is 107 Å². The number of Topliss-reactive ketones (excluding diaryl/α,β-unsaturated/α-hetero) is 1. The van der Waals surface area contributed by atoms with E-state index in [1.165, 1.54) is 5.56 Å². The second kappa shape index (κ2) is 5.15. The molecule has 2 N–H and O–H groups in total. The molecule has 0 bridgehead atoms. The van der Waals surface area contributed by atoms with E-state index in [-0.39, 0.29) is 5.78 Å². The molecule has 2 aromatic carbocycles. The van der Waals surface area contributed by atoms with E-state index >= 15 is 0 Å². The maximum Gasteiger partial charge on any atom is 0.184 e. The Morgan fingerprint density at radius 3 is 2.28 bits per heavy atom. The van der Waals surface area contributed by atoms with Gasteiger partial charge in [-0.1, -0.05) is 42.5 Å². The van der Waals surface area contributed by atoms with Crippen LogP contribution in [0.25, 0.3) is 0 Å². The molecule has 0 aliphatic heterocycles. The number of aryl methyl sites for hydroxylation is 2. The van der Waals surface area contributed by atoms with Crippen LogP contribution in [0.3, 0.4) is 0 Å². The third kappa shape index (κ3) is 2.49. The lowest BCUT2D eigenvalue weighted by Gasteiger charge is -2.12. The molecule has 0 saturated heterocycles. The molecule has 0 heterocycles. The van der Waals surface area contributed by atoms with Crippen molar-refractivity contribution in [1.82, 2.24) is 0 Å². The van der Waals surface area contributed by atoms with Crippen molar-refractivity contribution in [3.05, 3.63) is 70.8 Å². The summed E-state index contributed by atoms with van der Waals surface area (Å²) in [6.07, 6.45) is 0. The van der Waals surface area contributed by atoms with E-state index in [1.54, 1.807) is 0 Å². The summed E-state index contributed by atoms with van der Waals surface area (Å²) < 4.78 is 0. The summed E-state index contributed by atoms with van der Waals surface area (Å²) in [7, 11) is 0. The van der Waals surface area contributed by atoms with E-state index in [1.807, 2.05) is 62.4 Å². The van der Waals surface area contributed by atoms with Crippen LogP contribution in [-0.2, 0) is 0 Å². The maximum atomic E-state index is 12.3. The maximum absolute atomic E-state index is 12.3. The quantitative estimate of drug-likeness (QED) is 0.836. The number of ketones is 1. The molecule has 92 valence electrons. The summed E-state index contributed by atoms with van der Waals surface area (Å²) in [5, 5.41) is 0. The van der Waals surface area contributed by atoms with Crippen molar-refractivity contribution in [3.63, 3.8) is 0 Å². The molecular formula is C16H17NO. The van der Waals surface area contributed by atoms with Crippen molar-refractivity contribution in [2.45, 2.75) is 19.9 Å². The summed E-state index contributed by atoms with van der Waals surface area (Å²) in [4.78, 5) is 12.3. The van der Waals surface area contributed by atoms with Gasteiger partial charge in [-0.15, -0.1) is 0 Å². The number of hydrogen-bond donors (Lipinski definition) is 1. The Morgan fingerprint density at radius 2 is 1.67 bits per heavy atom. The van der Waals surface area contributed by atoms with Gasteiger partial charge in [-0.3, -0.25) is 4.79 Å². The van der Waals surface area contributed by atoms with Gasteiger partial charge in [0.25, 0.3) is 0 Å². The summed E-state index contributed by atoms with van der Waals surface area (Å²) in [6.45, 7) is 4.03. The highest BCUT2D eigenvalue weighted by Gasteiger charge is 2.17. The van der Waals surface area contributed by atoms with Crippen LogP contribution in [0.4, 0.5) is 0 Å². The fraction of sp³-hybridized carbons (Fsp3) is 0.188. The molecule has 18 heavy (non-hydrogen) atoms. The average Bonchev–Trinajstić information content (AvgIpc) is 2.41. The van der Waals surface area contributed by atoms with Gasteiger partial charge in [0, 0.05) is 5.56 Å². The molecule has 2 rings (SSSR count). The molecule has 0 radical (unpaired) electrons. The third-order valence-corrected chi connectivity index (χ3v) is 3.23. The van der Waals surface area contributed by atoms with E-state index in [0.29, 0.717) is 5.56 Å². The van der Waals surface area contributed by atoms with Crippen LogP contribution in [0.2, 0.25) is 0 Å². The smallest absolute Gasteiger partial charge is 0.184 e. The van der Waals surface area contributed by atoms with Gasteiger partial charge < -0.3 is 5.73 Å². The van der Waals surface area contributed by atoms with E-state index in [4.69, 9.17) is 5.73 Å². The number of rotatable bonds is 3. The SMILES string of the molecule is Cc1ccc(C(=O)C(N)c2ccccc2)cc1C. The molecule has 1 unspecified atom stereocenters. The summed E-state index contributed by atoms with van der Waals surface area (Å²) in [6, 6.07) is 14.6. The van der Waals surface area contributed by atoms with Crippen molar-refractivity contribution in [2.24, 2.45) is 5.73 Å². The van der Waals surface area contributed by atoms with Gasteiger partial charge >= 0.3 is 0 Å². The zero-order valence-corrected chi connectivity index (χ0v) is 10.7. The van der Waals surface area contributed by atoms with Crippen molar-refractivity contribution in [2.75, 3.05) is 0 Å². The Kier molecular flexibility index (Phi) is 3.58. The van der Waals surface area contributed by atoms with Crippen LogP contribution < -0.4 is 5.73 Å². The molecule has 0 aliphatic carbocycles. The highest BCUT2D eigenvalue weighted by molar-refractivity contribution is 6.00. The summed E-state index contributed by atoms with van der Waals surface area (Å²) in [5.74, 6) is -0.0377. The van der Waals surface area contributed by atoms with Gasteiger partial charge in [0.05, 0.1) is 6.04 Å². The zero-order chi connectivity index (χ0) is 13.1. The molecule has 2 heteroatoms. The molecule has 0 aliphatic rings. The number of nitrogens with two attached hydrogens (primary N) is 1. The predicted molar refractivity (Wildman–Crippen MR) is 73.6 cm³/mol. The molecule has 0 saturated carbocycles. The van der Waals surface area contributed by atoms with Crippen LogP contribution in [-0.4, -0.2) is 5.78 Å². The van der Waals surface area contributed by atoms with Crippen molar-refractivity contribution < 1.29 is 4.79 Å². The molecule has 2 nitrogen and oxygen atoms in total. The van der Waals surface area contributed by atoms with Crippen LogP contribution in [0.1, 0.15) is 33.1 Å². The van der Waals surface area contributed by atoms with E-state index in [0.717, 1.165) is 11.1 Å². The zero-order valence-electron chi connectivity index (χ0n) is 10.7. The highest BCUT2D eigenvalue weighted by Crippen LogP contribution is 2.18. The average molecular weight is 239 g/mol. The Bertz CT molecular complexity index is 561. The lowest BCUT2D eigenvalue weighted by Crippen LogP contribution is -2.21. The number of benzene rings is 2. The Hall–Kier alpha value is -1.93. The number of hydrogen-bond acceptors (Lipinski definition) is 2. The van der Waals surface area contributed by atoms with Crippen molar-refractivity contribution >= 4 is 5.78 Å². The fourth-order valence-electron chi connectivity index (χ4n) is 1.89. The van der Waals surface area contributed by atoms with E-state index < -0.39 is 6.04 Å². The molecule has 0 spiro atoms. The molecule has 0 amide bonds. The predicted octanol–water partition coefficient (Wildman–Crippen LogP) is 3.19. The minimum atomic E-state index is -0.590. The topological polar surface area (TPSA) is 43.1 Å².